The van der Waals surface area contributed by atoms with Crippen molar-refractivity contribution in [3.05, 3.63) is 35.9 Å². The van der Waals surface area contributed by atoms with Crippen molar-refractivity contribution in [1.82, 2.24) is 4.72 Å². The molecule has 0 spiro atoms. The molecular formula is C11H17NO2S. The lowest BCUT2D eigenvalue weighted by Crippen LogP contribution is -2.27. The average molecular weight is 227 g/mol. The molecule has 0 radical (unpaired) electrons. The Bertz CT molecular complexity index is 373. The van der Waals surface area contributed by atoms with Crippen molar-refractivity contribution in [2.24, 2.45) is 0 Å². The highest BCUT2D eigenvalue weighted by Crippen LogP contribution is 2.01. The molecule has 0 amide bonds. The quantitative estimate of drug-likeness (QED) is 0.801. The summed E-state index contributed by atoms with van der Waals surface area (Å²) in [5.74, 6) is 0.164. The Morgan fingerprint density at radius 3 is 2.47 bits per heavy atom. The second kappa shape index (κ2) is 5.88. The number of hydrogen-bond acceptors (Lipinski definition) is 2. The third-order valence-electron chi connectivity index (χ3n) is 2.07. The Morgan fingerprint density at radius 2 is 1.87 bits per heavy atom. The largest absolute Gasteiger partial charge is 0.215 e. The molecular weight excluding hydrogens is 210 g/mol. The lowest BCUT2D eigenvalue weighted by atomic mass is 10.2. The highest BCUT2D eigenvalue weighted by atomic mass is 32.2. The minimum absolute atomic E-state index is 0.164. The number of rotatable bonds is 6. The molecule has 4 heteroatoms. The second-order valence-electron chi connectivity index (χ2n) is 3.45. The van der Waals surface area contributed by atoms with Gasteiger partial charge in [-0.15, -0.1) is 0 Å². The molecule has 0 saturated heterocycles. The van der Waals surface area contributed by atoms with Crippen LogP contribution in [-0.2, 0) is 16.4 Å². The summed E-state index contributed by atoms with van der Waals surface area (Å²) < 4.78 is 25.5. The Labute approximate surface area is 91.6 Å². The van der Waals surface area contributed by atoms with E-state index < -0.39 is 10.0 Å². The van der Waals surface area contributed by atoms with Crippen LogP contribution in [0.25, 0.3) is 0 Å². The van der Waals surface area contributed by atoms with E-state index >= 15 is 0 Å². The molecule has 0 bridgehead atoms. The van der Waals surface area contributed by atoms with Crippen LogP contribution in [0.4, 0.5) is 0 Å². The lowest BCUT2D eigenvalue weighted by Gasteiger charge is -2.05. The van der Waals surface area contributed by atoms with Gasteiger partial charge in [0.2, 0.25) is 10.0 Å². The van der Waals surface area contributed by atoms with Crippen molar-refractivity contribution in [3.63, 3.8) is 0 Å². The van der Waals surface area contributed by atoms with Gasteiger partial charge in [0, 0.05) is 6.54 Å². The van der Waals surface area contributed by atoms with Crippen LogP contribution in [-0.4, -0.2) is 20.7 Å². The van der Waals surface area contributed by atoms with Gasteiger partial charge in [0.15, 0.2) is 0 Å². The van der Waals surface area contributed by atoms with Crippen LogP contribution in [0.1, 0.15) is 18.9 Å². The maximum absolute atomic E-state index is 11.5. The standard InChI is InChI=1S/C11H17NO2S/c1-2-9-12-15(13,14)10-8-11-6-4-3-5-7-11/h3-7,12H,2,8-10H2,1H3. The van der Waals surface area contributed by atoms with E-state index in [-0.39, 0.29) is 5.75 Å². The number of nitrogens with one attached hydrogen (secondary N) is 1. The molecule has 15 heavy (non-hydrogen) atoms. The van der Waals surface area contributed by atoms with Crippen LogP contribution in [0.5, 0.6) is 0 Å². The zero-order valence-corrected chi connectivity index (χ0v) is 9.76. The maximum atomic E-state index is 11.5. The third-order valence-corrected chi connectivity index (χ3v) is 3.46. The predicted molar refractivity (Wildman–Crippen MR) is 62.2 cm³/mol. The minimum Gasteiger partial charge on any atom is -0.215 e. The summed E-state index contributed by atoms with van der Waals surface area (Å²) in [6.45, 7) is 2.47. The van der Waals surface area contributed by atoms with E-state index in [9.17, 15) is 8.42 Å². The minimum atomic E-state index is -3.09. The topological polar surface area (TPSA) is 46.2 Å². The van der Waals surface area contributed by atoms with Crippen molar-refractivity contribution < 1.29 is 8.42 Å². The highest BCUT2D eigenvalue weighted by Gasteiger charge is 2.08. The zero-order chi connectivity index (χ0) is 11.1. The Balaban J connectivity index is 2.43. The fourth-order valence-electron chi connectivity index (χ4n) is 1.23. The summed E-state index contributed by atoms with van der Waals surface area (Å²) >= 11 is 0. The van der Waals surface area contributed by atoms with Gasteiger partial charge in [0.05, 0.1) is 5.75 Å². The molecule has 1 rings (SSSR count). The molecule has 1 aromatic carbocycles. The van der Waals surface area contributed by atoms with E-state index in [0.717, 1.165) is 12.0 Å². The first-order valence-electron chi connectivity index (χ1n) is 5.15. The van der Waals surface area contributed by atoms with Crippen molar-refractivity contribution in [3.8, 4) is 0 Å². The molecule has 0 unspecified atom stereocenters. The van der Waals surface area contributed by atoms with Gasteiger partial charge < -0.3 is 0 Å². The first-order chi connectivity index (χ1) is 7.14. The van der Waals surface area contributed by atoms with E-state index in [2.05, 4.69) is 4.72 Å². The van der Waals surface area contributed by atoms with Gasteiger partial charge in [-0.1, -0.05) is 37.3 Å². The Kier molecular flexibility index (Phi) is 4.78. The van der Waals surface area contributed by atoms with Crippen LogP contribution in [0.15, 0.2) is 30.3 Å². The Morgan fingerprint density at radius 1 is 1.20 bits per heavy atom. The first-order valence-corrected chi connectivity index (χ1v) is 6.80. The fourth-order valence-corrected chi connectivity index (χ4v) is 2.39. The summed E-state index contributed by atoms with van der Waals surface area (Å²) in [6, 6.07) is 9.64. The Hall–Kier alpha value is -0.870. The summed E-state index contributed by atoms with van der Waals surface area (Å²) in [5.41, 5.74) is 1.05. The van der Waals surface area contributed by atoms with Gasteiger partial charge in [-0.2, -0.15) is 0 Å². The maximum Gasteiger partial charge on any atom is 0.211 e. The summed E-state index contributed by atoms with van der Waals surface area (Å²) in [4.78, 5) is 0. The molecule has 3 nitrogen and oxygen atoms in total. The molecule has 0 aliphatic carbocycles. The normalized spacial score (nSPS) is 11.5. The predicted octanol–water partition coefficient (Wildman–Crippen LogP) is 1.56. The third kappa shape index (κ3) is 4.95. The van der Waals surface area contributed by atoms with Gasteiger partial charge in [-0.25, -0.2) is 13.1 Å². The number of sulfonamides is 1. The van der Waals surface area contributed by atoms with Crippen molar-refractivity contribution in [2.75, 3.05) is 12.3 Å². The second-order valence-corrected chi connectivity index (χ2v) is 5.38. The molecule has 0 fully saturated rings. The van der Waals surface area contributed by atoms with E-state index in [0.29, 0.717) is 13.0 Å². The monoisotopic (exact) mass is 227 g/mol. The molecule has 1 N–H and O–H groups in total. The smallest absolute Gasteiger partial charge is 0.211 e. The van der Waals surface area contributed by atoms with Crippen LogP contribution in [0, 0.1) is 0 Å². The van der Waals surface area contributed by atoms with E-state index in [1.807, 2.05) is 37.3 Å². The molecule has 1 aromatic rings. The molecule has 0 saturated carbocycles. The fraction of sp³-hybridized carbons (Fsp3) is 0.455. The number of aryl methyl sites for hydroxylation is 1. The summed E-state index contributed by atoms with van der Waals surface area (Å²) in [5, 5.41) is 0. The van der Waals surface area contributed by atoms with Crippen LogP contribution < -0.4 is 4.72 Å². The average Bonchev–Trinajstić information content (AvgIpc) is 2.25. The molecule has 0 atom stereocenters. The van der Waals surface area contributed by atoms with Crippen molar-refractivity contribution in [1.29, 1.82) is 0 Å². The van der Waals surface area contributed by atoms with Gasteiger partial charge in [0.25, 0.3) is 0 Å². The van der Waals surface area contributed by atoms with E-state index in [4.69, 9.17) is 0 Å². The SMILES string of the molecule is CCCNS(=O)(=O)CCc1ccccc1. The highest BCUT2D eigenvalue weighted by molar-refractivity contribution is 7.89. The van der Waals surface area contributed by atoms with Gasteiger partial charge in [-0.3, -0.25) is 0 Å². The summed E-state index contributed by atoms with van der Waals surface area (Å²) in [6.07, 6.45) is 1.39. The van der Waals surface area contributed by atoms with Gasteiger partial charge in [0.1, 0.15) is 0 Å². The molecule has 0 aliphatic heterocycles. The molecule has 84 valence electrons. The molecule has 0 aromatic heterocycles. The van der Waals surface area contributed by atoms with Gasteiger partial charge >= 0.3 is 0 Å². The van der Waals surface area contributed by atoms with Gasteiger partial charge in [-0.05, 0) is 18.4 Å². The number of benzene rings is 1. The zero-order valence-electron chi connectivity index (χ0n) is 8.94. The van der Waals surface area contributed by atoms with Crippen LogP contribution >= 0.6 is 0 Å². The molecule has 0 aliphatic rings. The first kappa shape index (κ1) is 12.2. The van der Waals surface area contributed by atoms with Crippen molar-refractivity contribution in [2.45, 2.75) is 19.8 Å². The van der Waals surface area contributed by atoms with Crippen molar-refractivity contribution >= 4 is 10.0 Å². The van der Waals surface area contributed by atoms with E-state index in [1.165, 1.54) is 0 Å². The van der Waals surface area contributed by atoms with Crippen LogP contribution in [0.2, 0.25) is 0 Å². The lowest BCUT2D eigenvalue weighted by molar-refractivity contribution is 0.580. The van der Waals surface area contributed by atoms with E-state index in [1.54, 1.807) is 0 Å². The van der Waals surface area contributed by atoms with Crippen LogP contribution in [0.3, 0.4) is 0 Å². The number of hydrogen-bond donors (Lipinski definition) is 1. The molecule has 0 heterocycles. The summed E-state index contributed by atoms with van der Waals surface area (Å²) in [7, 11) is -3.09.